The molecule has 16 heteroatoms. The van der Waals surface area contributed by atoms with Gasteiger partial charge in [0.2, 0.25) is 0 Å². The number of alkyl halides is 3. The van der Waals surface area contributed by atoms with Gasteiger partial charge in [-0.2, -0.15) is 13.2 Å². The quantitative estimate of drug-likeness (QED) is 0.0432. The molecule has 0 radical (unpaired) electrons. The molecular formula is C70H72F3N7O5Si. The maximum atomic E-state index is 13.8. The third-order valence-electron chi connectivity index (χ3n) is 18.5. The van der Waals surface area contributed by atoms with Gasteiger partial charge in [0.1, 0.15) is 21.2 Å². The first-order valence-corrected chi connectivity index (χ1v) is 33.6. The number of carbonyl (C=O) groups excluding carboxylic acids is 2. The van der Waals surface area contributed by atoms with Gasteiger partial charge in [-0.15, -0.1) is 5.10 Å². The van der Waals surface area contributed by atoms with E-state index in [1.165, 1.54) is 58.4 Å². The van der Waals surface area contributed by atoms with Gasteiger partial charge in [0.25, 0.3) is 5.91 Å². The van der Waals surface area contributed by atoms with E-state index in [9.17, 15) is 37.8 Å². The number of piperidine rings is 1. The normalized spacial score (nSPS) is 16.8. The number of unbranched alkanes of at least 4 members (excludes halogenated alkanes) is 4. The number of aromatic nitrogens is 3. The number of carboxylic acids is 2. The van der Waals surface area contributed by atoms with E-state index in [-0.39, 0.29) is 17.0 Å². The number of rotatable bonds is 20. The first kappa shape index (κ1) is 58.2. The highest BCUT2D eigenvalue weighted by atomic mass is 28.3. The number of fused-ring (bicyclic) bond motifs is 3. The Hall–Kier alpha value is -8.21. The smallest absolute Gasteiger partial charge is 0.416 e. The molecule has 1 amide bonds. The van der Waals surface area contributed by atoms with Crippen LogP contribution in [0.2, 0.25) is 13.1 Å². The topological polar surface area (TPSA) is 147 Å². The highest BCUT2D eigenvalue weighted by Gasteiger charge is 2.42. The van der Waals surface area contributed by atoms with Crippen molar-refractivity contribution in [2.75, 3.05) is 57.3 Å². The number of aromatic carboxylic acids is 2. The summed E-state index contributed by atoms with van der Waals surface area (Å²) in [7, 11) is -2.25. The lowest BCUT2D eigenvalue weighted by Crippen LogP contribution is -2.50. The predicted molar refractivity (Wildman–Crippen MR) is 333 cm³/mol. The SMILES string of the molecule is C[Si]1(C)C2=CC(=[N+]3CCC3)C=CC2=C(c2cc(C(=O)NCCCCCCn3cc(CCCCN4CCC(c5ccc(-c6cc(C(=O)O)cc7cc(-c8ccc(C(F)(F)F)cc8)ccc67)cc5)CC4)nn3)ccc2C(=O)[O-])c2ccc(N3CCC3)cc21. The molecule has 6 aromatic carbocycles. The van der Waals surface area contributed by atoms with Crippen LogP contribution in [0.5, 0.6) is 0 Å². The monoisotopic (exact) mass is 1180 g/mol. The number of hydrogen-bond acceptors (Lipinski definition) is 8. The zero-order valence-electron chi connectivity index (χ0n) is 48.9. The highest BCUT2D eigenvalue weighted by Crippen LogP contribution is 2.44. The van der Waals surface area contributed by atoms with E-state index in [0.29, 0.717) is 40.1 Å². The number of halogens is 3. The summed E-state index contributed by atoms with van der Waals surface area (Å²) >= 11 is 0. The number of aryl methyl sites for hydroxylation is 2. The van der Waals surface area contributed by atoms with E-state index in [2.05, 4.69) is 110 Å². The van der Waals surface area contributed by atoms with Crippen molar-refractivity contribution in [1.82, 2.24) is 25.2 Å². The molecule has 1 aliphatic carbocycles. The third kappa shape index (κ3) is 12.3. The fourth-order valence-corrected chi connectivity index (χ4v) is 16.2. The number of carboxylic acid groups (broad SMARTS) is 2. The van der Waals surface area contributed by atoms with Crippen molar-refractivity contribution in [1.29, 1.82) is 0 Å². The van der Waals surface area contributed by atoms with Gasteiger partial charge in [-0.3, -0.25) is 9.48 Å². The molecular weight excluding hydrogens is 1100 g/mol. The van der Waals surface area contributed by atoms with Crippen molar-refractivity contribution >= 4 is 58.9 Å². The Morgan fingerprint density at radius 1 is 0.733 bits per heavy atom. The van der Waals surface area contributed by atoms with Crippen LogP contribution in [-0.4, -0.2) is 114 Å². The van der Waals surface area contributed by atoms with Gasteiger partial charge in [-0.05, 0) is 209 Å². The lowest BCUT2D eigenvalue weighted by Gasteiger charge is -2.40. The van der Waals surface area contributed by atoms with Crippen molar-refractivity contribution in [3.05, 3.63) is 195 Å². The Labute approximate surface area is 501 Å². The van der Waals surface area contributed by atoms with Crippen LogP contribution in [0, 0.1) is 0 Å². The molecule has 5 heterocycles. The molecule has 442 valence electrons. The molecule has 0 bridgehead atoms. The lowest BCUT2D eigenvalue weighted by molar-refractivity contribution is -0.582. The summed E-state index contributed by atoms with van der Waals surface area (Å²) in [6, 6.07) is 33.9. The summed E-state index contributed by atoms with van der Waals surface area (Å²) in [6.45, 7) is 13.3. The highest BCUT2D eigenvalue weighted by molar-refractivity contribution is 6.98. The second kappa shape index (κ2) is 24.6. The number of amides is 1. The van der Waals surface area contributed by atoms with Gasteiger partial charge in [-0.25, -0.2) is 9.37 Å². The number of nitrogens with one attached hydrogen (secondary N) is 1. The summed E-state index contributed by atoms with van der Waals surface area (Å²) in [4.78, 5) is 43.8. The molecule has 0 atom stereocenters. The van der Waals surface area contributed by atoms with E-state index >= 15 is 0 Å². The van der Waals surface area contributed by atoms with E-state index < -0.39 is 31.8 Å². The van der Waals surface area contributed by atoms with E-state index in [0.717, 1.165) is 161 Å². The van der Waals surface area contributed by atoms with Crippen molar-refractivity contribution in [3.8, 4) is 22.3 Å². The second-order valence-electron chi connectivity index (χ2n) is 24.4. The van der Waals surface area contributed by atoms with Crippen LogP contribution >= 0.6 is 0 Å². The number of carbonyl (C=O) groups is 3. The Morgan fingerprint density at radius 3 is 2.17 bits per heavy atom. The number of benzene rings is 6. The zero-order chi connectivity index (χ0) is 59.7. The average Bonchev–Trinajstić information content (AvgIpc) is 0.949. The van der Waals surface area contributed by atoms with Gasteiger partial charge >= 0.3 is 12.1 Å². The Morgan fingerprint density at radius 2 is 1.47 bits per heavy atom. The molecule has 12 rings (SSSR count). The molecule has 3 saturated heterocycles. The lowest BCUT2D eigenvalue weighted by atomic mass is 9.86. The van der Waals surface area contributed by atoms with E-state index in [1.54, 1.807) is 24.3 Å². The van der Waals surface area contributed by atoms with Crippen LogP contribution in [0.25, 0.3) is 38.6 Å². The minimum Gasteiger partial charge on any atom is -0.545 e. The number of likely N-dealkylation sites (tertiary alicyclic amines) is 1. The minimum absolute atomic E-state index is 0.0757. The van der Waals surface area contributed by atoms with Crippen molar-refractivity contribution in [2.45, 2.75) is 102 Å². The van der Waals surface area contributed by atoms with Gasteiger partial charge in [-0.1, -0.05) is 91.8 Å². The molecule has 0 spiro atoms. The fourth-order valence-electron chi connectivity index (χ4n) is 13.2. The zero-order valence-corrected chi connectivity index (χ0v) is 49.9. The van der Waals surface area contributed by atoms with Crippen LogP contribution in [0.15, 0.2) is 150 Å². The number of hydrogen-bond donors (Lipinski definition) is 2. The summed E-state index contributed by atoms with van der Waals surface area (Å²) in [5.41, 5.74) is 11.0. The summed E-state index contributed by atoms with van der Waals surface area (Å²) in [5.74, 6) is -2.11. The van der Waals surface area contributed by atoms with E-state index in [1.807, 2.05) is 22.9 Å². The second-order valence-corrected chi connectivity index (χ2v) is 28.7. The Balaban J connectivity index is 0.581. The molecule has 86 heavy (non-hydrogen) atoms. The molecule has 12 nitrogen and oxygen atoms in total. The number of anilines is 1. The maximum absolute atomic E-state index is 13.8. The first-order valence-electron chi connectivity index (χ1n) is 30.6. The van der Waals surface area contributed by atoms with Crippen molar-refractivity contribution < 1.29 is 42.3 Å². The average molecular weight is 1180 g/mol. The number of allylic oxidation sites excluding steroid dienone is 5. The Bertz CT molecular complexity index is 3880. The predicted octanol–water partition coefficient (Wildman–Crippen LogP) is 11.9. The largest absolute Gasteiger partial charge is 0.545 e. The Kier molecular flexibility index (Phi) is 16.7. The molecule has 3 fully saturated rings. The van der Waals surface area contributed by atoms with Crippen LogP contribution in [0.3, 0.4) is 0 Å². The van der Waals surface area contributed by atoms with Crippen LogP contribution in [-0.2, 0) is 19.1 Å². The minimum atomic E-state index is -4.43. The molecule has 0 saturated carbocycles. The molecule has 1 aromatic heterocycles. The van der Waals surface area contributed by atoms with Gasteiger partial charge in [0.15, 0.2) is 5.71 Å². The molecule has 0 unspecified atom stereocenters. The van der Waals surface area contributed by atoms with Crippen LogP contribution in [0.4, 0.5) is 18.9 Å². The van der Waals surface area contributed by atoms with Crippen molar-refractivity contribution in [3.63, 3.8) is 0 Å². The van der Waals surface area contributed by atoms with Crippen molar-refractivity contribution in [2.24, 2.45) is 0 Å². The summed E-state index contributed by atoms with van der Waals surface area (Å²) < 4.78 is 44.0. The molecule has 7 aromatic rings. The fraction of sp³-hybridized carbons (Fsp3) is 0.343. The van der Waals surface area contributed by atoms with Gasteiger partial charge < -0.3 is 30.1 Å². The molecule has 5 aliphatic rings. The summed E-state index contributed by atoms with van der Waals surface area (Å²) in [5, 5.41) is 39.0. The van der Waals surface area contributed by atoms with Gasteiger partial charge in [0.05, 0.1) is 29.2 Å². The standard InChI is InChI=1S/C70H72F3N7O5Si/c1-86(2)64-43-56(78-32-9-33-78)22-26-60(64)66(61-27-23-57(44-65(61)86)79-34-10-35-79)63-41-51(19-25-59(63)69(84)85)67(81)74-30-6-3-4-7-36-80-45-55(75-76-80)11-5-8-31-77-37-28-48(29-38-77)46-12-14-49(15-13-46)62-42-53(68(82)83)40-52-39-50(18-24-58(52)62)47-16-20-54(21-17-47)70(71,72)73/h12-27,39-45,48H,3-11,28-38H2,1-2H3,(H2-,74,81,82,83,84,85). The van der Waals surface area contributed by atoms with Crippen LogP contribution < -0.4 is 20.5 Å². The molecule has 2 N–H and O–H groups in total. The third-order valence-corrected chi connectivity index (χ3v) is 22.0. The number of nitrogens with zero attached hydrogens (tertiary/aromatic N) is 6. The van der Waals surface area contributed by atoms with Gasteiger partial charge in [0, 0.05) is 61.3 Å². The van der Waals surface area contributed by atoms with E-state index in [4.69, 9.17) is 0 Å². The molecule has 4 aliphatic heterocycles. The first-order chi connectivity index (χ1) is 41.5. The maximum Gasteiger partial charge on any atom is 0.416 e. The summed E-state index contributed by atoms with van der Waals surface area (Å²) in [6.07, 6.45) is 15.5. The van der Waals surface area contributed by atoms with Crippen LogP contribution in [0.1, 0.15) is 129 Å².